The molecule has 0 aliphatic rings. The molecule has 0 aliphatic heterocycles. The van der Waals surface area contributed by atoms with Crippen LogP contribution in [0, 0.1) is 12.7 Å². The number of aromatic nitrogens is 3. The maximum absolute atomic E-state index is 13.3. The molecule has 30 heavy (non-hydrogen) atoms. The molecule has 0 saturated heterocycles. The van der Waals surface area contributed by atoms with Crippen molar-refractivity contribution < 1.29 is 9.18 Å². The van der Waals surface area contributed by atoms with Gasteiger partial charge in [0.2, 0.25) is 0 Å². The molecular weight excluding hydrogens is 411 g/mol. The number of hydrogen-bond donors (Lipinski definition) is 2. The standard InChI is InChI=1S/C21H16ClFN4O3/c1-11-3-6-13(7-4-11)27-20(29)18-17(25-21(27)30)14(10-26(18)2)19(28)24-12-5-8-16(23)15(22)9-12/h3-10H,1-2H3,(H,24,28)(H,25,30). The van der Waals surface area contributed by atoms with Crippen LogP contribution in [0.25, 0.3) is 16.7 Å². The van der Waals surface area contributed by atoms with Gasteiger partial charge in [0.1, 0.15) is 11.3 Å². The van der Waals surface area contributed by atoms with E-state index in [9.17, 15) is 18.8 Å². The number of benzene rings is 2. The van der Waals surface area contributed by atoms with Gasteiger partial charge in [-0.3, -0.25) is 9.59 Å². The number of nitrogens with zero attached hydrogens (tertiary/aromatic N) is 2. The monoisotopic (exact) mass is 426 g/mol. The summed E-state index contributed by atoms with van der Waals surface area (Å²) in [5.41, 5.74) is 0.839. The van der Waals surface area contributed by atoms with Gasteiger partial charge in [-0.15, -0.1) is 0 Å². The number of carbonyl (C=O) groups excluding carboxylic acids is 1. The molecule has 9 heteroatoms. The summed E-state index contributed by atoms with van der Waals surface area (Å²) in [5.74, 6) is -1.19. The highest BCUT2D eigenvalue weighted by atomic mass is 35.5. The number of rotatable bonds is 3. The number of aryl methyl sites for hydroxylation is 2. The van der Waals surface area contributed by atoms with E-state index in [4.69, 9.17) is 11.6 Å². The minimum Gasteiger partial charge on any atom is -0.344 e. The van der Waals surface area contributed by atoms with E-state index in [1.54, 1.807) is 31.3 Å². The molecule has 0 aliphatic carbocycles. The van der Waals surface area contributed by atoms with Crippen LogP contribution in [0.5, 0.6) is 0 Å². The molecule has 0 fully saturated rings. The van der Waals surface area contributed by atoms with Gasteiger partial charge in [-0.05, 0) is 37.3 Å². The van der Waals surface area contributed by atoms with Gasteiger partial charge in [-0.1, -0.05) is 29.3 Å². The Balaban J connectivity index is 1.82. The summed E-state index contributed by atoms with van der Waals surface area (Å²) >= 11 is 5.75. The third-order valence-corrected chi connectivity index (χ3v) is 5.03. The molecule has 0 unspecified atom stereocenters. The zero-order chi connectivity index (χ0) is 21.6. The second kappa shape index (κ2) is 7.31. The lowest BCUT2D eigenvalue weighted by Gasteiger charge is -2.07. The quantitative estimate of drug-likeness (QED) is 0.526. The Morgan fingerprint density at radius 3 is 2.50 bits per heavy atom. The number of halogens is 2. The molecule has 7 nitrogen and oxygen atoms in total. The number of anilines is 1. The molecule has 4 rings (SSSR count). The van der Waals surface area contributed by atoms with Crippen molar-refractivity contribution in [1.29, 1.82) is 0 Å². The van der Waals surface area contributed by atoms with Crippen LogP contribution in [0.4, 0.5) is 10.1 Å². The van der Waals surface area contributed by atoms with Crippen molar-refractivity contribution in [2.75, 3.05) is 5.32 Å². The lowest BCUT2D eigenvalue weighted by molar-refractivity contribution is 0.102. The average Bonchev–Trinajstić information content (AvgIpc) is 3.02. The van der Waals surface area contributed by atoms with Gasteiger partial charge < -0.3 is 14.9 Å². The minimum absolute atomic E-state index is 0.0956. The van der Waals surface area contributed by atoms with Gasteiger partial charge in [0.15, 0.2) is 0 Å². The molecule has 0 bridgehead atoms. The molecule has 2 heterocycles. The highest BCUT2D eigenvalue weighted by Gasteiger charge is 2.20. The largest absolute Gasteiger partial charge is 0.344 e. The average molecular weight is 427 g/mol. The second-order valence-electron chi connectivity index (χ2n) is 6.87. The maximum Gasteiger partial charge on any atom is 0.333 e. The Labute approximate surface area is 174 Å². The smallest absolute Gasteiger partial charge is 0.333 e. The molecule has 4 aromatic rings. The SMILES string of the molecule is Cc1ccc(-n2c(=O)[nH]c3c(C(=O)Nc4ccc(F)c(Cl)c4)cn(C)c3c2=O)cc1. The topological polar surface area (TPSA) is 88.9 Å². The molecule has 0 atom stereocenters. The second-order valence-corrected chi connectivity index (χ2v) is 7.27. The number of nitrogens with one attached hydrogen (secondary N) is 2. The van der Waals surface area contributed by atoms with Crippen LogP contribution in [-0.2, 0) is 7.05 Å². The van der Waals surface area contributed by atoms with Crippen molar-refractivity contribution in [3.05, 3.63) is 91.5 Å². The molecule has 152 valence electrons. The number of carbonyl (C=O) groups is 1. The summed E-state index contributed by atoms with van der Waals surface area (Å²) < 4.78 is 15.8. The van der Waals surface area contributed by atoms with Crippen LogP contribution in [-0.4, -0.2) is 20.0 Å². The lowest BCUT2D eigenvalue weighted by Crippen LogP contribution is -2.34. The minimum atomic E-state index is -0.665. The van der Waals surface area contributed by atoms with Crippen molar-refractivity contribution in [2.45, 2.75) is 6.92 Å². The van der Waals surface area contributed by atoms with E-state index in [1.165, 1.54) is 22.9 Å². The number of H-pyrrole nitrogens is 1. The Kier molecular flexibility index (Phi) is 4.79. The number of fused-ring (bicyclic) bond motifs is 1. The number of amides is 1. The van der Waals surface area contributed by atoms with Crippen molar-refractivity contribution in [1.82, 2.24) is 14.1 Å². The van der Waals surface area contributed by atoms with E-state index < -0.39 is 23.0 Å². The predicted octanol–water partition coefficient (Wildman–Crippen LogP) is 3.37. The van der Waals surface area contributed by atoms with Crippen molar-refractivity contribution in [3.63, 3.8) is 0 Å². The van der Waals surface area contributed by atoms with Crippen molar-refractivity contribution in [3.8, 4) is 5.69 Å². The highest BCUT2D eigenvalue weighted by Crippen LogP contribution is 2.21. The maximum atomic E-state index is 13.3. The van der Waals surface area contributed by atoms with E-state index in [-0.39, 0.29) is 27.3 Å². The van der Waals surface area contributed by atoms with Crippen LogP contribution < -0.4 is 16.6 Å². The zero-order valence-electron chi connectivity index (χ0n) is 16.0. The van der Waals surface area contributed by atoms with Gasteiger partial charge in [-0.25, -0.2) is 13.8 Å². The predicted molar refractivity (Wildman–Crippen MR) is 113 cm³/mol. The summed E-state index contributed by atoms with van der Waals surface area (Å²) in [7, 11) is 1.60. The summed E-state index contributed by atoms with van der Waals surface area (Å²) in [6, 6.07) is 10.7. The normalized spacial score (nSPS) is 11.1. The Morgan fingerprint density at radius 1 is 1.13 bits per heavy atom. The highest BCUT2D eigenvalue weighted by molar-refractivity contribution is 6.31. The van der Waals surface area contributed by atoms with Gasteiger partial charge in [0, 0.05) is 18.9 Å². The van der Waals surface area contributed by atoms with Crippen LogP contribution >= 0.6 is 11.6 Å². The van der Waals surface area contributed by atoms with Crippen LogP contribution in [0.3, 0.4) is 0 Å². The van der Waals surface area contributed by atoms with Crippen LogP contribution in [0.1, 0.15) is 15.9 Å². The Bertz CT molecular complexity index is 1420. The van der Waals surface area contributed by atoms with E-state index in [0.29, 0.717) is 5.69 Å². The molecule has 2 N–H and O–H groups in total. The summed E-state index contributed by atoms with van der Waals surface area (Å²) in [4.78, 5) is 41.1. The summed E-state index contributed by atoms with van der Waals surface area (Å²) in [5, 5.41) is 2.45. The first-order valence-electron chi connectivity index (χ1n) is 8.94. The molecule has 0 saturated carbocycles. The summed E-state index contributed by atoms with van der Waals surface area (Å²) in [6.45, 7) is 1.90. The Morgan fingerprint density at radius 2 is 1.83 bits per heavy atom. The lowest BCUT2D eigenvalue weighted by atomic mass is 10.2. The van der Waals surface area contributed by atoms with Crippen molar-refractivity contribution in [2.24, 2.45) is 7.05 Å². The fourth-order valence-electron chi connectivity index (χ4n) is 3.24. The van der Waals surface area contributed by atoms with Gasteiger partial charge in [0.05, 0.1) is 21.8 Å². The first-order valence-corrected chi connectivity index (χ1v) is 9.32. The van der Waals surface area contributed by atoms with E-state index >= 15 is 0 Å². The van der Waals surface area contributed by atoms with Gasteiger partial charge in [0.25, 0.3) is 11.5 Å². The first-order chi connectivity index (χ1) is 14.3. The number of aromatic amines is 1. The van der Waals surface area contributed by atoms with Gasteiger partial charge >= 0.3 is 5.69 Å². The first kappa shape index (κ1) is 19.7. The molecule has 0 spiro atoms. The molecule has 0 radical (unpaired) electrons. The third-order valence-electron chi connectivity index (χ3n) is 4.74. The summed E-state index contributed by atoms with van der Waals surface area (Å²) in [6.07, 6.45) is 1.45. The van der Waals surface area contributed by atoms with E-state index in [0.717, 1.165) is 16.2 Å². The van der Waals surface area contributed by atoms with Crippen LogP contribution in [0.2, 0.25) is 5.02 Å². The van der Waals surface area contributed by atoms with E-state index in [1.807, 2.05) is 6.92 Å². The fraction of sp³-hybridized carbons (Fsp3) is 0.0952. The molecule has 1 amide bonds. The van der Waals surface area contributed by atoms with Gasteiger partial charge in [-0.2, -0.15) is 0 Å². The zero-order valence-corrected chi connectivity index (χ0v) is 16.7. The molecule has 2 aromatic carbocycles. The Hall–Kier alpha value is -3.65. The number of hydrogen-bond acceptors (Lipinski definition) is 3. The van der Waals surface area contributed by atoms with Crippen LogP contribution in [0.15, 0.2) is 58.3 Å². The van der Waals surface area contributed by atoms with Crippen molar-refractivity contribution >= 4 is 34.2 Å². The van der Waals surface area contributed by atoms with E-state index in [2.05, 4.69) is 10.3 Å². The fourth-order valence-corrected chi connectivity index (χ4v) is 3.43. The molecular formula is C21H16ClFN4O3. The third kappa shape index (κ3) is 3.31. The molecule has 2 aromatic heterocycles.